The Bertz CT molecular complexity index is 1690. The first kappa shape index (κ1) is 30.6. The number of carbonyl (C=O) groups excluding carboxylic acids is 3. The third-order valence-electron chi connectivity index (χ3n) is 8.22. The number of piperidine rings is 1. The second-order valence-electron chi connectivity index (χ2n) is 11.3. The first-order valence-corrected chi connectivity index (χ1v) is 15.4. The maximum Gasteiger partial charge on any atom is 0.258 e. The number of nitrogens with one attached hydrogen (secondary N) is 2. The Morgan fingerprint density at radius 1 is 0.978 bits per heavy atom. The quantitative estimate of drug-likeness (QED) is 0.352. The van der Waals surface area contributed by atoms with E-state index in [1.165, 1.54) is 0 Å². The van der Waals surface area contributed by atoms with E-state index in [2.05, 4.69) is 15.6 Å². The molecule has 7 rings (SSSR count). The van der Waals surface area contributed by atoms with Crippen LogP contribution in [0.1, 0.15) is 34.5 Å². The number of ether oxygens (including phenoxy) is 3. The van der Waals surface area contributed by atoms with Crippen LogP contribution in [0.5, 0.6) is 17.2 Å². The van der Waals surface area contributed by atoms with Gasteiger partial charge in [-0.25, -0.2) is 0 Å². The summed E-state index contributed by atoms with van der Waals surface area (Å²) in [6, 6.07) is 25.2. The van der Waals surface area contributed by atoms with Crippen LogP contribution in [0.15, 0.2) is 91.1 Å². The van der Waals surface area contributed by atoms with Crippen molar-refractivity contribution in [3.8, 4) is 28.4 Å². The number of hydrogen-bond donors (Lipinski definition) is 2. The van der Waals surface area contributed by atoms with Gasteiger partial charge in [0.05, 0.1) is 13.2 Å². The SMILES string of the molecule is COc1ccc2cc1-c1cccc(c1)OCC(=O)NCc1ccc(cc1)O[C@@H]1CCN(C(=O)CCc3ccccn3)C[C@H]1NC2=O. The molecule has 1 fully saturated rings. The summed E-state index contributed by atoms with van der Waals surface area (Å²) in [6.07, 6.45) is 2.76. The lowest BCUT2D eigenvalue weighted by atomic mass is 9.98. The van der Waals surface area contributed by atoms with E-state index in [0.29, 0.717) is 67.3 Å². The molecule has 0 unspecified atom stereocenters. The van der Waals surface area contributed by atoms with Gasteiger partial charge in [-0.3, -0.25) is 19.4 Å². The van der Waals surface area contributed by atoms with Crippen molar-refractivity contribution in [2.75, 3.05) is 26.8 Å². The van der Waals surface area contributed by atoms with E-state index in [4.69, 9.17) is 14.2 Å². The normalized spacial score (nSPS) is 18.2. The molecule has 0 aliphatic carbocycles. The zero-order valence-corrected chi connectivity index (χ0v) is 25.6. The summed E-state index contributed by atoms with van der Waals surface area (Å²) in [5.74, 6) is 1.19. The molecule has 3 aromatic carbocycles. The predicted octanol–water partition coefficient (Wildman–Crippen LogP) is 4.18. The van der Waals surface area contributed by atoms with Gasteiger partial charge in [0, 0.05) is 55.5 Å². The number of hydrogen-bond acceptors (Lipinski definition) is 7. The minimum absolute atomic E-state index is 0.00465. The zero-order valence-electron chi connectivity index (χ0n) is 25.6. The second kappa shape index (κ2) is 14.2. The van der Waals surface area contributed by atoms with Crippen LogP contribution < -0.4 is 24.8 Å². The van der Waals surface area contributed by atoms with Crippen LogP contribution in [0.3, 0.4) is 0 Å². The Hall–Kier alpha value is -5.38. The van der Waals surface area contributed by atoms with Crippen LogP contribution in [-0.2, 0) is 22.6 Å². The van der Waals surface area contributed by atoms with Crippen molar-refractivity contribution in [1.29, 1.82) is 0 Å². The Kier molecular flexibility index (Phi) is 9.43. The Balaban J connectivity index is 1.28. The van der Waals surface area contributed by atoms with Crippen LogP contribution >= 0.6 is 0 Å². The summed E-state index contributed by atoms with van der Waals surface area (Å²) >= 11 is 0. The van der Waals surface area contributed by atoms with E-state index in [1.807, 2.05) is 60.7 Å². The molecule has 2 N–H and O–H groups in total. The second-order valence-corrected chi connectivity index (χ2v) is 11.3. The van der Waals surface area contributed by atoms with Gasteiger partial charge >= 0.3 is 0 Å². The number of amides is 3. The van der Waals surface area contributed by atoms with Crippen LogP contribution in [0.4, 0.5) is 0 Å². The maximum absolute atomic E-state index is 13.8. The maximum atomic E-state index is 13.8. The fourth-order valence-corrected chi connectivity index (χ4v) is 5.72. The van der Waals surface area contributed by atoms with E-state index < -0.39 is 6.04 Å². The summed E-state index contributed by atoms with van der Waals surface area (Å²) < 4.78 is 17.8. The van der Waals surface area contributed by atoms with Gasteiger partial charge in [-0.15, -0.1) is 0 Å². The van der Waals surface area contributed by atoms with Crippen LogP contribution in [0.2, 0.25) is 0 Å². The Labute approximate surface area is 267 Å². The third-order valence-corrected chi connectivity index (χ3v) is 8.22. The summed E-state index contributed by atoms with van der Waals surface area (Å²) in [6.45, 7) is 1.01. The molecule has 0 spiro atoms. The molecule has 10 nitrogen and oxygen atoms in total. The molecule has 0 saturated carbocycles. The minimum Gasteiger partial charge on any atom is -0.496 e. The average Bonchev–Trinajstić information content (AvgIpc) is 3.10. The van der Waals surface area contributed by atoms with Crippen molar-refractivity contribution >= 4 is 17.7 Å². The number of benzene rings is 3. The highest BCUT2D eigenvalue weighted by Crippen LogP contribution is 2.33. The number of likely N-dealkylation sites (tertiary alicyclic amines) is 1. The van der Waals surface area contributed by atoms with E-state index in [9.17, 15) is 14.4 Å². The molecular formula is C36H36N4O6. The molecule has 0 radical (unpaired) electrons. The van der Waals surface area contributed by atoms with E-state index in [0.717, 1.165) is 16.8 Å². The lowest BCUT2D eigenvalue weighted by molar-refractivity contribution is -0.133. The fraction of sp³-hybridized carbons (Fsp3) is 0.278. The number of rotatable bonds is 4. The smallest absolute Gasteiger partial charge is 0.258 e. The topological polar surface area (TPSA) is 119 Å². The van der Waals surface area contributed by atoms with Gasteiger partial charge in [-0.05, 0) is 72.1 Å². The fourth-order valence-electron chi connectivity index (χ4n) is 5.72. The molecule has 3 amide bonds. The van der Waals surface area contributed by atoms with Gasteiger partial charge in [-0.2, -0.15) is 0 Å². The number of nitrogens with zero attached hydrogens (tertiary/aromatic N) is 2. The Morgan fingerprint density at radius 3 is 2.65 bits per heavy atom. The summed E-state index contributed by atoms with van der Waals surface area (Å²) in [5, 5.41) is 6.05. The van der Waals surface area contributed by atoms with E-state index in [1.54, 1.807) is 42.5 Å². The van der Waals surface area contributed by atoms with Crippen molar-refractivity contribution in [3.05, 3.63) is 108 Å². The van der Waals surface area contributed by atoms with Crippen molar-refractivity contribution < 1.29 is 28.6 Å². The molecule has 3 aliphatic heterocycles. The molecule has 4 aromatic rings. The van der Waals surface area contributed by atoms with Gasteiger partial charge in [0.15, 0.2) is 6.61 Å². The number of aromatic nitrogens is 1. The molecule has 3 aliphatic rings. The van der Waals surface area contributed by atoms with Gasteiger partial charge in [0.2, 0.25) is 5.91 Å². The van der Waals surface area contributed by atoms with Crippen molar-refractivity contribution in [1.82, 2.24) is 20.5 Å². The summed E-state index contributed by atoms with van der Waals surface area (Å²) in [7, 11) is 1.57. The molecule has 1 saturated heterocycles. The molecule has 10 heteroatoms. The lowest BCUT2D eigenvalue weighted by Gasteiger charge is -2.39. The zero-order chi connectivity index (χ0) is 31.9. The molecule has 236 valence electrons. The van der Waals surface area contributed by atoms with Crippen LogP contribution in [0, 0.1) is 0 Å². The molecule has 1 aromatic heterocycles. The van der Waals surface area contributed by atoms with Crippen molar-refractivity contribution in [3.63, 3.8) is 0 Å². The third kappa shape index (κ3) is 7.46. The van der Waals surface area contributed by atoms with Crippen molar-refractivity contribution in [2.45, 2.75) is 38.0 Å². The van der Waals surface area contributed by atoms with Crippen LogP contribution in [0.25, 0.3) is 11.1 Å². The first-order valence-electron chi connectivity index (χ1n) is 15.4. The molecule has 4 heterocycles. The first-order chi connectivity index (χ1) is 22.4. The minimum atomic E-state index is -0.466. The highest BCUT2D eigenvalue weighted by atomic mass is 16.5. The number of carbonyl (C=O) groups is 3. The van der Waals surface area contributed by atoms with Gasteiger partial charge in [0.25, 0.3) is 11.8 Å². The average molecular weight is 621 g/mol. The van der Waals surface area contributed by atoms with Gasteiger partial charge in [-0.1, -0.05) is 30.3 Å². The Morgan fingerprint density at radius 2 is 1.85 bits per heavy atom. The van der Waals surface area contributed by atoms with Crippen molar-refractivity contribution in [2.24, 2.45) is 0 Å². The number of methoxy groups -OCH3 is 1. The largest absolute Gasteiger partial charge is 0.496 e. The van der Waals surface area contributed by atoms with E-state index >= 15 is 0 Å². The molecule has 6 bridgehead atoms. The summed E-state index contributed by atoms with van der Waals surface area (Å²) in [4.78, 5) is 45.7. The molecular weight excluding hydrogens is 584 g/mol. The van der Waals surface area contributed by atoms with Gasteiger partial charge in [0.1, 0.15) is 23.4 Å². The number of pyridine rings is 1. The van der Waals surface area contributed by atoms with Gasteiger partial charge < -0.3 is 29.7 Å². The lowest BCUT2D eigenvalue weighted by Crippen LogP contribution is -2.58. The predicted molar refractivity (Wildman–Crippen MR) is 172 cm³/mol. The van der Waals surface area contributed by atoms with Crippen LogP contribution in [-0.4, -0.2) is 66.6 Å². The molecule has 2 atom stereocenters. The highest BCUT2D eigenvalue weighted by Gasteiger charge is 2.34. The standard InChI is InChI=1S/C36H36N4O6/c1-44-32-14-10-26-20-30(32)25-5-4-7-29(19-25)45-23-34(41)38-21-24-8-12-28(13-9-24)46-33-16-18-40(22-31(33)39-36(26)43)35(42)15-11-27-6-2-3-17-37-27/h2-10,12-14,17,19-20,31,33H,11,15-16,18,21-23H2,1H3,(H,38,41)(H,39,43)/t31-,33-/m1/s1. The molecule has 46 heavy (non-hydrogen) atoms. The summed E-state index contributed by atoms with van der Waals surface area (Å²) in [5.41, 5.74) is 3.66. The highest BCUT2D eigenvalue weighted by molar-refractivity contribution is 5.96. The number of aryl methyl sites for hydroxylation is 1. The van der Waals surface area contributed by atoms with E-state index in [-0.39, 0.29) is 30.4 Å². The monoisotopic (exact) mass is 620 g/mol. The number of fused-ring (bicyclic) bond motifs is 7.